The van der Waals surface area contributed by atoms with Gasteiger partial charge in [0.05, 0.1) is 11.5 Å². The lowest BCUT2D eigenvalue weighted by atomic mass is 10.0. The fraction of sp³-hybridized carbons (Fsp3) is 0.692. The van der Waals surface area contributed by atoms with Crippen molar-refractivity contribution < 1.29 is 22.7 Å². The van der Waals surface area contributed by atoms with E-state index in [1.54, 1.807) is 12.1 Å². The largest absolute Gasteiger partial charge is 0.359 e. The molecule has 0 saturated carbocycles. The molecule has 2 heterocycles. The number of benzene rings is 1. The standard InChI is InChI=1S/C15H21N3O4S.5C2H6.CH2O/c1-12(19)17-13-2-4-14(5-3-13)23(20,21)18-9-6-15(7-10-18)16-8-11-22-15;6*1-2/h2-5,16H,6-11H2,1H3,(H,17,19);5*1-2H3;1H2. The van der Waals surface area contributed by atoms with E-state index in [1.165, 1.54) is 23.4 Å². The predicted molar refractivity (Wildman–Crippen MR) is 149 cm³/mol. The average molecular weight is 520 g/mol. The molecule has 3 rings (SSSR count). The number of nitrogens with one attached hydrogen (secondary N) is 2. The Hall–Kier alpha value is -1.81. The summed E-state index contributed by atoms with van der Waals surface area (Å²) in [5.74, 6) is -0.189. The predicted octanol–water partition coefficient (Wildman–Crippen LogP) is 5.69. The number of hydrogen-bond donors (Lipinski definition) is 2. The third-order valence-corrected chi connectivity index (χ3v) is 6.18. The van der Waals surface area contributed by atoms with Crippen molar-refractivity contribution in [1.29, 1.82) is 0 Å². The first-order valence-electron chi connectivity index (χ1n) is 13.0. The molecule has 2 aliphatic rings. The van der Waals surface area contributed by atoms with Crippen LogP contribution in [0.25, 0.3) is 0 Å². The van der Waals surface area contributed by atoms with Crippen LogP contribution in [0.1, 0.15) is 89.0 Å². The van der Waals surface area contributed by atoms with Gasteiger partial charge >= 0.3 is 0 Å². The van der Waals surface area contributed by atoms with Crippen LogP contribution in [-0.4, -0.2) is 57.4 Å². The quantitative estimate of drug-likeness (QED) is 0.531. The molecule has 9 heteroatoms. The molecule has 2 aliphatic heterocycles. The van der Waals surface area contributed by atoms with E-state index in [9.17, 15) is 13.2 Å². The first-order valence-corrected chi connectivity index (χ1v) is 14.4. The van der Waals surface area contributed by atoms with Crippen LogP contribution in [-0.2, 0) is 24.3 Å². The molecule has 1 aromatic carbocycles. The lowest BCUT2D eigenvalue weighted by Gasteiger charge is -2.37. The minimum absolute atomic E-state index is 0.189. The lowest BCUT2D eigenvalue weighted by Crippen LogP contribution is -2.52. The van der Waals surface area contributed by atoms with Crippen molar-refractivity contribution in [3.63, 3.8) is 0 Å². The summed E-state index contributed by atoms with van der Waals surface area (Å²) in [4.78, 5) is 19.2. The first-order chi connectivity index (χ1) is 16.9. The van der Waals surface area contributed by atoms with E-state index >= 15 is 0 Å². The molecular formula is C26H53N3O5S. The van der Waals surface area contributed by atoms with Gasteiger partial charge in [-0.05, 0) is 24.3 Å². The van der Waals surface area contributed by atoms with E-state index in [0.717, 1.165) is 6.54 Å². The van der Waals surface area contributed by atoms with Gasteiger partial charge in [-0.25, -0.2) is 8.42 Å². The Morgan fingerprint density at radius 3 is 1.69 bits per heavy atom. The third-order valence-electron chi connectivity index (χ3n) is 4.27. The summed E-state index contributed by atoms with van der Waals surface area (Å²) in [5, 5.41) is 5.95. The van der Waals surface area contributed by atoms with E-state index in [1.807, 2.05) is 76.0 Å². The Labute approximate surface area is 216 Å². The Bertz CT molecular complexity index is 694. The van der Waals surface area contributed by atoms with Crippen LogP contribution in [0, 0.1) is 0 Å². The summed E-state index contributed by atoms with van der Waals surface area (Å²) in [7, 11) is -3.52. The number of rotatable bonds is 3. The summed E-state index contributed by atoms with van der Waals surface area (Å²) in [5.41, 5.74) is 0.235. The summed E-state index contributed by atoms with van der Waals surface area (Å²) >= 11 is 0. The highest BCUT2D eigenvalue weighted by molar-refractivity contribution is 7.89. The Morgan fingerprint density at radius 1 is 0.914 bits per heavy atom. The number of nitrogens with zero attached hydrogens (tertiary/aromatic N) is 1. The summed E-state index contributed by atoms with van der Waals surface area (Å²) in [6.45, 7) is 25.8. The molecule has 0 radical (unpaired) electrons. The first kappa shape index (κ1) is 40.4. The molecule has 2 N–H and O–H groups in total. The van der Waals surface area contributed by atoms with Crippen molar-refractivity contribution in [3.8, 4) is 0 Å². The van der Waals surface area contributed by atoms with Gasteiger partial charge in [-0.2, -0.15) is 4.31 Å². The molecule has 0 unspecified atom stereocenters. The minimum Gasteiger partial charge on any atom is -0.359 e. The van der Waals surface area contributed by atoms with Crippen molar-refractivity contribution in [1.82, 2.24) is 9.62 Å². The highest BCUT2D eigenvalue weighted by Crippen LogP contribution is 2.29. The van der Waals surface area contributed by atoms with Crippen LogP contribution in [0.3, 0.4) is 0 Å². The van der Waals surface area contributed by atoms with Gasteiger partial charge in [0.25, 0.3) is 0 Å². The SMILES string of the molecule is C=O.CC.CC.CC.CC.CC.CC(=O)Nc1ccc(S(=O)(=O)N2CCC3(CC2)NCCO3)cc1. The highest BCUT2D eigenvalue weighted by Gasteiger charge is 2.41. The Morgan fingerprint density at radius 2 is 1.34 bits per heavy atom. The van der Waals surface area contributed by atoms with Gasteiger partial charge in [0, 0.05) is 45.1 Å². The zero-order valence-electron chi connectivity index (χ0n) is 24.2. The average Bonchev–Trinajstić information content (AvgIpc) is 3.39. The second-order valence-corrected chi connectivity index (χ2v) is 7.82. The molecule has 208 valence electrons. The van der Waals surface area contributed by atoms with Crippen LogP contribution >= 0.6 is 0 Å². The number of carbonyl (C=O) groups is 2. The van der Waals surface area contributed by atoms with E-state index in [-0.39, 0.29) is 16.5 Å². The van der Waals surface area contributed by atoms with Crippen LogP contribution in [0.15, 0.2) is 29.2 Å². The number of amides is 1. The molecule has 0 aromatic heterocycles. The summed E-state index contributed by atoms with van der Waals surface area (Å²) in [6, 6.07) is 6.24. The molecular weight excluding hydrogens is 466 g/mol. The van der Waals surface area contributed by atoms with Crippen molar-refractivity contribution in [2.45, 2.75) is 99.6 Å². The van der Waals surface area contributed by atoms with Crippen LogP contribution in [0.4, 0.5) is 5.69 Å². The van der Waals surface area contributed by atoms with Gasteiger partial charge < -0.3 is 14.8 Å². The molecule has 2 saturated heterocycles. The van der Waals surface area contributed by atoms with Crippen molar-refractivity contribution in [2.75, 3.05) is 31.6 Å². The van der Waals surface area contributed by atoms with E-state index < -0.39 is 10.0 Å². The normalized spacial score (nSPS) is 15.1. The second-order valence-electron chi connectivity index (χ2n) is 5.88. The maximum Gasteiger partial charge on any atom is 0.243 e. The summed E-state index contributed by atoms with van der Waals surface area (Å²) < 4.78 is 32.6. The van der Waals surface area contributed by atoms with Gasteiger partial charge in [0.2, 0.25) is 15.9 Å². The van der Waals surface area contributed by atoms with Gasteiger partial charge in [0.15, 0.2) is 0 Å². The second kappa shape index (κ2) is 25.3. The Balaban J connectivity index is -0.000000351. The van der Waals surface area contributed by atoms with Gasteiger partial charge in [0.1, 0.15) is 12.5 Å². The topological polar surface area (TPSA) is 105 Å². The minimum atomic E-state index is -3.52. The van der Waals surface area contributed by atoms with Crippen molar-refractivity contribution in [3.05, 3.63) is 24.3 Å². The van der Waals surface area contributed by atoms with Crippen LogP contribution < -0.4 is 10.6 Å². The fourth-order valence-corrected chi connectivity index (χ4v) is 4.49. The fourth-order valence-electron chi connectivity index (χ4n) is 3.05. The van der Waals surface area contributed by atoms with Gasteiger partial charge in [-0.15, -0.1) is 0 Å². The number of anilines is 1. The number of piperidine rings is 1. The van der Waals surface area contributed by atoms with Crippen molar-refractivity contribution >= 4 is 28.4 Å². The molecule has 1 aromatic rings. The van der Waals surface area contributed by atoms with Gasteiger partial charge in [-0.1, -0.05) is 69.2 Å². The van der Waals surface area contributed by atoms with Crippen LogP contribution in [0.2, 0.25) is 0 Å². The number of ether oxygens (including phenoxy) is 1. The maximum absolute atomic E-state index is 12.7. The zero-order valence-corrected chi connectivity index (χ0v) is 25.0. The van der Waals surface area contributed by atoms with E-state index in [0.29, 0.717) is 38.2 Å². The van der Waals surface area contributed by atoms with E-state index in [2.05, 4.69) is 10.6 Å². The number of hydrogen-bond acceptors (Lipinski definition) is 6. The third kappa shape index (κ3) is 14.4. The van der Waals surface area contributed by atoms with Crippen molar-refractivity contribution in [2.24, 2.45) is 0 Å². The number of sulfonamides is 1. The molecule has 0 aliphatic carbocycles. The number of carbonyl (C=O) groups excluding carboxylic acids is 2. The Kier molecular flexibility index (Phi) is 29.2. The summed E-state index contributed by atoms with van der Waals surface area (Å²) in [6.07, 6.45) is 1.30. The lowest BCUT2D eigenvalue weighted by molar-refractivity contribution is -0.114. The highest BCUT2D eigenvalue weighted by atomic mass is 32.2. The zero-order chi connectivity index (χ0) is 28.5. The smallest absolute Gasteiger partial charge is 0.243 e. The van der Waals surface area contributed by atoms with E-state index in [4.69, 9.17) is 9.53 Å². The molecule has 0 atom stereocenters. The maximum atomic E-state index is 12.7. The van der Waals surface area contributed by atoms with Gasteiger partial charge in [-0.3, -0.25) is 10.1 Å². The molecule has 1 spiro atoms. The van der Waals surface area contributed by atoms with Crippen LogP contribution in [0.5, 0.6) is 0 Å². The molecule has 1 amide bonds. The monoisotopic (exact) mass is 519 g/mol. The molecule has 8 nitrogen and oxygen atoms in total. The molecule has 2 fully saturated rings. The molecule has 0 bridgehead atoms. The molecule has 35 heavy (non-hydrogen) atoms.